The Kier molecular flexibility index (Phi) is 0.946. The highest BCUT2D eigenvalue weighted by Crippen LogP contribution is 1.93. The first kappa shape index (κ1) is 4.74. The average Bonchev–Trinajstić information content (AvgIpc) is 2.14. The molecule has 2 N–H and O–H groups in total. The van der Waals surface area contributed by atoms with Crippen molar-refractivity contribution in [1.82, 2.24) is 0 Å². The lowest BCUT2D eigenvalue weighted by Crippen LogP contribution is -2.03. The van der Waals surface area contributed by atoms with E-state index in [0.717, 1.165) is 0 Å². The number of hydrogen-bond acceptors (Lipinski definition) is 4. The van der Waals surface area contributed by atoms with Crippen molar-refractivity contribution in [3.8, 4) is 0 Å². The number of hydrogen-bond donors (Lipinski definition) is 1. The van der Waals surface area contributed by atoms with E-state index in [4.69, 9.17) is 5.73 Å². The first-order chi connectivity index (χ1) is 3.83. The van der Waals surface area contributed by atoms with Gasteiger partial charge in [-0.25, -0.2) is 14.8 Å². The normalized spacial score (nSPS) is 16.0. The zero-order chi connectivity index (χ0) is 5.98. The van der Waals surface area contributed by atoms with Gasteiger partial charge in [0.1, 0.15) is 0 Å². The molecule has 40 valence electrons. The molecular formula is C4H3N3O. The predicted octanol–water partition coefficient (Wildman–Crippen LogP) is -0.899. The Bertz CT molecular complexity index is 209. The van der Waals surface area contributed by atoms with Crippen LogP contribution in [0.15, 0.2) is 15.7 Å². The van der Waals surface area contributed by atoms with Crippen LogP contribution >= 0.6 is 0 Å². The molecule has 0 aromatic carbocycles. The van der Waals surface area contributed by atoms with Crippen LogP contribution in [0.5, 0.6) is 0 Å². The molecule has 0 atom stereocenters. The summed E-state index contributed by atoms with van der Waals surface area (Å²) >= 11 is 0. The van der Waals surface area contributed by atoms with Crippen LogP contribution in [0.3, 0.4) is 0 Å². The molecule has 0 aromatic heterocycles. The number of guanidine groups is 1. The van der Waals surface area contributed by atoms with Gasteiger partial charge in [-0.05, 0) is 0 Å². The van der Waals surface area contributed by atoms with Crippen molar-refractivity contribution >= 4 is 18.1 Å². The van der Waals surface area contributed by atoms with Gasteiger partial charge in [-0.15, -0.1) is 0 Å². The summed E-state index contributed by atoms with van der Waals surface area (Å²) in [4.78, 5) is 16.7. The first-order valence-electron chi connectivity index (χ1n) is 1.96. The van der Waals surface area contributed by atoms with Crippen LogP contribution in [-0.4, -0.2) is 18.1 Å². The third kappa shape index (κ3) is 0.643. The summed E-state index contributed by atoms with van der Waals surface area (Å²) in [5.74, 6) is 1.66. The molecule has 0 bridgehead atoms. The van der Waals surface area contributed by atoms with Crippen LogP contribution in [0, 0.1) is 0 Å². The molecule has 0 spiro atoms. The Morgan fingerprint density at radius 1 is 1.75 bits per heavy atom. The molecule has 0 radical (unpaired) electrons. The molecule has 1 heterocycles. The van der Waals surface area contributed by atoms with Gasteiger partial charge in [0.2, 0.25) is 5.96 Å². The Balaban J connectivity index is 3.01. The smallest absolute Gasteiger partial charge is 0.221 e. The van der Waals surface area contributed by atoms with Gasteiger partial charge in [-0.3, -0.25) is 0 Å². The van der Waals surface area contributed by atoms with Gasteiger partial charge < -0.3 is 5.73 Å². The van der Waals surface area contributed by atoms with E-state index in [1.54, 1.807) is 5.94 Å². The second-order valence-corrected chi connectivity index (χ2v) is 1.22. The lowest BCUT2D eigenvalue weighted by atomic mass is 10.6. The molecular weight excluding hydrogens is 106 g/mol. The summed E-state index contributed by atoms with van der Waals surface area (Å²) in [5, 5.41) is 0. The van der Waals surface area contributed by atoms with Crippen LogP contribution in [0.4, 0.5) is 0 Å². The SMILES string of the molecule is NC1=NC(=C=O)C=N1. The molecule has 1 rings (SSSR count). The summed E-state index contributed by atoms with van der Waals surface area (Å²) in [7, 11) is 0. The standard InChI is InChI=1S/C4H3N3O/c5-4-6-1-3(2-8)7-4/h1H,(H2,5,7). The third-order valence-electron chi connectivity index (χ3n) is 0.659. The fourth-order valence-electron chi connectivity index (χ4n) is 0.358. The third-order valence-corrected chi connectivity index (χ3v) is 0.659. The average molecular weight is 109 g/mol. The Morgan fingerprint density at radius 2 is 2.50 bits per heavy atom. The van der Waals surface area contributed by atoms with Crippen molar-refractivity contribution in [3.63, 3.8) is 0 Å². The van der Waals surface area contributed by atoms with Gasteiger partial charge in [0.25, 0.3) is 0 Å². The topological polar surface area (TPSA) is 67.8 Å². The molecule has 0 fully saturated rings. The van der Waals surface area contributed by atoms with Crippen LogP contribution in [0.1, 0.15) is 0 Å². The molecule has 0 saturated heterocycles. The molecule has 0 saturated carbocycles. The fraction of sp³-hybridized carbons (Fsp3) is 0. The summed E-state index contributed by atoms with van der Waals surface area (Å²) in [6.07, 6.45) is 1.27. The van der Waals surface area contributed by atoms with Gasteiger partial charge >= 0.3 is 0 Å². The van der Waals surface area contributed by atoms with E-state index in [1.807, 2.05) is 0 Å². The minimum atomic E-state index is 0.114. The van der Waals surface area contributed by atoms with E-state index in [1.165, 1.54) is 6.21 Å². The molecule has 1 aliphatic heterocycles. The minimum absolute atomic E-state index is 0.114. The summed E-state index contributed by atoms with van der Waals surface area (Å²) in [6.45, 7) is 0. The van der Waals surface area contributed by atoms with Gasteiger partial charge in [-0.1, -0.05) is 0 Å². The number of nitrogens with zero attached hydrogens (tertiary/aromatic N) is 2. The van der Waals surface area contributed by atoms with Gasteiger partial charge in [0.15, 0.2) is 11.6 Å². The highest BCUT2D eigenvalue weighted by molar-refractivity contribution is 6.04. The van der Waals surface area contributed by atoms with E-state index in [9.17, 15) is 4.79 Å². The monoisotopic (exact) mass is 109 g/mol. The van der Waals surface area contributed by atoms with E-state index in [-0.39, 0.29) is 11.7 Å². The van der Waals surface area contributed by atoms with Crippen molar-refractivity contribution in [2.75, 3.05) is 0 Å². The second-order valence-electron chi connectivity index (χ2n) is 1.22. The lowest BCUT2D eigenvalue weighted by Gasteiger charge is -1.73. The van der Waals surface area contributed by atoms with Crippen LogP contribution < -0.4 is 5.73 Å². The van der Waals surface area contributed by atoms with E-state index in [2.05, 4.69) is 9.98 Å². The van der Waals surface area contributed by atoms with Crippen molar-refractivity contribution < 1.29 is 4.79 Å². The largest absolute Gasteiger partial charge is 0.368 e. The van der Waals surface area contributed by atoms with E-state index in [0.29, 0.717) is 0 Å². The Labute approximate surface area is 45.4 Å². The molecule has 1 aliphatic rings. The second kappa shape index (κ2) is 1.60. The maximum atomic E-state index is 9.74. The van der Waals surface area contributed by atoms with Gasteiger partial charge in [0, 0.05) is 0 Å². The molecule has 0 amide bonds. The summed E-state index contributed by atoms with van der Waals surface area (Å²) in [5.41, 5.74) is 5.21. The van der Waals surface area contributed by atoms with Crippen molar-refractivity contribution in [3.05, 3.63) is 5.70 Å². The van der Waals surface area contributed by atoms with E-state index >= 15 is 0 Å². The lowest BCUT2D eigenvalue weighted by molar-refractivity contribution is 0.568. The highest BCUT2D eigenvalue weighted by Gasteiger charge is 1.99. The van der Waals surface area contributed by atoms with Crippen molar-refractivity contribution in [2.24, 2.45) is 15.7 Å². The summed E-state index contributed by atoms with van der Waals surface area (Å²) < 4.78 is 0. The number of allylic oxidation sites excluding steroid dienone is 1. The zero-order valence-corrected chi connectivity index (χ0v) is 3.96. The number of carbonyl (C=O) groups excluding carboxylic acids is 1. The molecule has 0 unspecified atom stereocenters. The maximum Gasteiger partial charge on any atom is 0.221 e. The van der Waals surface area contributed by atoms with Crippen LogP contribution in [0.25, 0.3) is 0 Å². The summed E-state index contributed by atoms with van der Waals surface area (Å²) in [6, 6.07) is 0. The number of aliphatic imine (C=N–C) groups is 2. The first-order valence-corrected chi connectivity index (χ1v) is 1.96. The molecule has 4 nitrogen and oxygen atoms in total. The van der Waals surface area contributed by atoms with Crippen LogP contribution in [-0.2, 0) is 4.79 Å². The number of rotatable bonds is 0. The predicted molar refractivity (Wildman–Crippen MR) is 29.3 cm³/mol. The highest BCUT2D eigenvalue weighted by atomic mass is 16.1. The maximum absolute atomic E-state index is 9.74. The molecule has 4 heteroatoms. The molecule has 0 aromatic rings. The van der Waals surface area contributed by atoms with Crippen LogP contribution in [0.2, 0.25) is 0 Å². The Hall–Kier alpha value is -1.41. The minimum Gasteiger partial charge on any atom is -0.368 e. The van der Waals surface area contributed by atoms with Crippen molar-refractivity contribution in [2.45, 2.75) is 0 Å². The van der Waals surface area contributed by atoms with E-state index < -0.39 is 0 Å². The molecule has 8 heavy (non-hydrogen) atoms. The van der Waals surface area contributed by atoms with Gasteiger partial charge in [0.05, 0.1) is 6.21 Å². The quantitative estimate of drug-likeness (QED) is 0.409. The molecule has 0 aliphatic carbocycles. The number of nitrogens with two attached hydrogens (primary N) is 1. The Morgan fingerprint density at radius 3 is 2.75 bits per heavy atom. The fourth-order valence-corrected chi connectivity index (χ4v) is 0.358. The zero-order valence-electron chi connectivity index (χ0n) is 3.96. The van der Waals surface area contributed by atoms with Crippen molar-refractivity contribution in [1.29, 1.82) is 0 Å². The van der Waals surface area contributed by atoms with Gasteiger partial charge in [-0.2, -0.15) is 0 Å².